The predicted octanol–water partition coefficient (Wildman–Crippen LogP) is 4.18. The molecule has 0 bridgehead atoms. The van der Waals surface area contributed by atoms with Crippen LogP contribution >= 0.6 is 0 Å². The Morgan fingerprint density at radius 2 is 1.86 bits per heavy atom. The zero-order valence-corrected chi connectivity index (χ0v) is 15.0. The maximum absolute atomic E-state index is 12.7. The summed E-state index contributed by atoms with van der Waals surface area (Å²) >= 11 is 0. The van der Waals surface area contributed by atoms with Gasteiger partial charge < -0.3 is 4.90 Å². The molecule has 1 N–H and O–H groups in total. The van der Waals surface area contributed by atoms with Crippen molar-refractivity contribution in [2.75, 3.05) is 6.54 Å². The first kappa shape index (κ1) is 18.5. The molecular formula is C18H36N2O. The molecule has 2 unspecified atom stereocenters. The highest BCUT2D eigenvalue weighted by atomic mass is 16.2. The van der Waals surface area contributed by atoms with Crippen molar-refractivity contribution in [2.24, 2.45) is 11.3 Å². The van der Waals surface area contributed by atoms with Gasteiger partial charge in [0.25, 0.3) is 0 Å². The molecule has 0 aromatic heterocycles. The highest BCUT2D eigenvalue weighted by molar-refractivity contribution is 5.84. The van der Waals surface area contributed by atoms with Crippen molar-refractivity contribution in [1.82, 2.24) is 10.2 Å². The lowest BCUT2D eigenvalue weighted by Gasteiger charge is -2.35. The van der Waals surface area contributed by atoms with Crippen LogP contribution in [-0.2, 0) is 4.79 Å². The Kier molecular flexibility index (Phi) is 7.19. The third-order valence-corrected chi connectivity index (χ3v) is 4.55. The number of carbonyl (C=O) groups excluding carboxylic acids is 1. The summed E-state index contributed by atoms with van der Waals surface area (Å²) in [5, 5.41) is 3.56. The average molecular weight is 296 g/mol. The molecule has 0 spiro atoms. The van der Waals surface area contributed by atoms with Crippen LogP contribution in [0, 0.1) is 11.3 Å². The minimum atomic E-state index is 0.0360. The summed E-state index contributed by atoms with van der Waals surface area (Å²) in [4.78, 5) is 14.8. The van der Waals surface area contributed by atoms with Gasteiger partial charge >= 0.3 is 0 Å². The van der Waals surface area contributed by atoms with Crippen molar-refractivity contribution in [3.05, 3.63) is 0 Å². The quantitative estimate of drug-likeness (QED) is 0.647. The van der Waals surface area contributed by atoms with E-state index in [-0.39, 0.29) is 17.6 Å². The number of hydrogen-bond acceptors (Lipinski definition) is 2. The van der Waals surface area contributed by atoms with Gasteiger partial charge in [0, 0.05) is 6.54 Å². The van der Waals surface area contributed by atoms with Crippen LogP contribution in [0.25, 0.3) is 0 Å². The Balaban J connectivity index is 2.70. The molecule has 0 aromatic carbocycles. The molecule has 3 heteroatoms. The fraction of sp³-hybridized carbons (Fsp3) is 0.944. The molecule has 124 valence electrons. The number of unbranched alkanes of at least 4 members (excludes halogenated alkanes) is 2. The summed E-state index contributed by atoms with van der Waals surface area (Å²) in [6.45, 7) is 14.3. The van der Waals surface area contributed by atoms with Crippen LogP contribution in [0.4, 0.5) is 0 Å². The summed E-state index contributed by atoms with van der Waals surface area (Å²) in [6.07, 6.45) is 7.24. The fourth-order valence-corrected chi connectivity index (χ4v) is 3.32. The van der Waals surface area contributed by atoms with Crippen LogP contribution < -0.4 is 5.32 Å². The molecule has 1 amide bonds. The van der Waals surface area contributed by atoms with Crippen molar-refractivity contribution < 1.29 is 4.79 Å². The lowest BCUT2D eigenvalue weighted by atomic mass is 9.86. The fourth-order valence-electron chi connectivity index (χ4n) is 3.32. The van der Waals surface area contributed by atoms with Crippen LogP contribution in [0.1, 0.15) is 80.1 Å². The highest BCUT2D eigenvalue weighted by Crippen LogP contribution is 2.29. The smallest absolute Gasteiger partial charge is 0.241 e. The monoisotopic (exact) mass is 296 g/mol. The van der Waals surface area contributed by atoms with E-state index in [2.05, 4.69) is 51.8 Å². The van der Waals surface area contributed by atoms with Gasteiger partial charge in [0.15, 0.2) is 0 Å². The van der Waals surface area contributed by atoms with E-state index in [0.717, 1.165) is 19.4 Å². The summed E-state index contributed by atoms with van der Waals surface area (Å²) in [7, 11) is 0. The van der Waals surface area contributed by atoms with E-state index in [4.69, 9.17) is 0 Å². The largest absolute Gasteiger partial charge is 0.325 e. The maximum Gasteiger partial charge on any atom is 0.241 e. The molecule has 21 heavy (non-hydrogen) atoms. The molecule has 1 aliphatic rings. The first-order chi connectivity index (χ1) is 9.82. The van der Waals surface area contributed by atoms with Gasteiger partial charge in [0.05, 0.1) is 12.2 Å². The van der Waals surface area contributed by atoms with Gasteiger partial charge in [-0.15, -0.1) is 0 Å². The standard InChI is InChI=1S/C18H36N2O/c1-7-9-10-12-18(5,6)13-20-16(14(3)4)19-15(11-8-2)17(20)21/h14-16,19H,7-13H2,1-6H3. The zero-order chi connectivity index (χ0) is 16.0. The van der Waals surface area contributed by atoms with Crippen molar-refractivity contribution in [2.45, 2.75) is 92.3 Å². The molecule has 1 saturated heterocycles. The second kappa shape index (κ2) is 8.17. The second-order valence-corrected chi connectivity index (χ2v) is 7.78. The minimum absolute atomic E-state index is 0.0360. The van der Waals surface area contributed by atoms with E-state index in [0.29, 0.717) is 11.8 Å². The number of carbonyl (C=O) groups is 1. The van der Waals surface area contributed by atoms with Crippen LogP contribution in [0.5, 0.6) is 0 Å². The number of hydrogen-bond donors (Lipinski definition) is 1. The molecular weight excluding hydrogens is 260 g/mol. The molecule has 1 aliphatic heterocycles. The summed E-state index contributed by atoms with van der Waals surface area (Å²) in [5.74, 6) is 0.779. The Bertz CT molecular complexity index is 325. The number of rotatable bonds is 9. The van der Waals surface area contributed by atoms with Crippen molar-refractivity contribution >= 4 is 5.91 Å². The van der Waals surface area contributed by atoms with Crippen LogP contribution in [0.3, 0.4) is 0 Å². The normalized spacial score (nSPS) is 23.4. The van der Waals surface area contributed by atoms with Gasteiger partial charge in [-0.2, -0.15) is 0 Å². The van der Waals surface area contributed by atoms with E-state index < -0.39 is 0 Å². The Hall–Kier alpha value is -0.570. The van der Waals surface area contributed by atoms with E-state index in [1.54, 1.807) is 0 Å². The Morgan fingerprint density at radius 3 is 2.38 bits per heavy atom. The lowest BCUT2D eigenvalue weighted by Crippen LogP contribution is -2.45. The molecule has 0 aliphatic carbocycles. The van der Waals surface area contributed by atoms with Gasteiger partial charge in [-0.25, -0.2) is 0 Å². The molecule has 1 heterocycles. The molecule has 3 nitrogen and oxygen atoms in total. The van der Waals surface area contributed by atoms with E-state index in [1.807, 2.05) is 0 Å². The molecule has 0 radical (unpaired) electrons. The van der Waals surface area contributed by atoms with Crippen molar-refractivity contribution in [1.29, 1.82) is 0 Å². The lowest BCUT2D eigenvalue weighted by molar-refractivity contribution is -0.132. The molecule has 0 saturated carbocycles. The van der Waals surface area contributed by atoms with E-state index in [1.165, 1.54) is 25.7 Å². The molecule has 1 fully saturated rings. The van der Waals surface area contributed by atoms with Gasteiger partial charge in [0.1, 0.15) is 0 Å². The van der Waals surface area contributed by atoms with Gasteiger partial charge in [0.2, 0.25) is 5.91 Å². The SMILES string of the molecule is CCCCCC(C)(C)CN1C(=O)C(CCC)NC1C(C)C. The number of amides is 1. The van der Waals surface area contributed by atoms with Gasteiger partial charge in [-0.05, 0) is 24.2 Å². The van der Waals surface area contributed by atoms with E-state index >= 15 is 0 Å². The first-order valence-electron chi connectivity index (χ1n) is 8.89. The Morgan fingerprint density at radius 1 is 1.19 bits per heavy atom. The second-order valence-electron chi connectivity index (χ2n) is 7.78. The third-order valence-electron chi connectivity index (χ3n) is 4.55. The minimum Gasteiger partial charge on any atom is -0.325 e. The van der Waals surface area contributed by atoms with Crippen LogP contribution in [0.2, 0.25) is 0 Å². The van der Waals surface area contributed by atoms with Gasteiger partial charge in [-0.3, -0.25) is 10.1 Å². The van der Waals surface area contributed by atoms with Crippen LogP contribution in [0.15, 0.2) is 0 Å². The summed E-state index contributed by atoms with van der Waals surface area (Å²) in [5.41, 5.74) is 0.209. The first-order valence-corrected chi connectivity index (χ1v) is 8.89. The molecule has 1 rings (SSSR count). The molecule has 2 atom stereocenters. The summed E-state index contributed by atoms with van der Waals surface area (Å²) < 4.78 is 0. The van der Waals surface area contributed by atoms with Crippen LogP contribution in [-0.4, -0.2) is 29.6 Å². The maximum atomic E-state index is 12.7. The van der Waals surface area contributed by atoms with Crippen molar-refractivity contribution in [3.63, 3.8) is 0 Å². The molecule has 0 aromatic rings. The van der Waals surface area contributed by atoms with E-state index in [9.17, 15) is 4.79 Å². The van der Waals surface area contributed by atoms with Gasteiger partial charge in [-0.1, -0.05) is 67.2 Å². The highest BCUT2D eigenvalue weighted by Gasteiger charge is 2.41. The Labute approximate surface area is 131 Å². The zero-order valence-electron chi connectivity index (χ0n) is 15.0. The van der Waals surface area contributed by atoms with Crippen molar-refractivity contribution in [3.8, 4) is 0 Å². The average Bonchev–Trinajstić information content (AvgIpc) is 2.68. The third kappa shape index (κ3) is 5.28. The predicted molar refractivity (Wildman–Crippen MR) is 90.1 cm³/mol. The number of nitrogens with zero attached hydrogens (tertiary/aromatic N) is 1. The summed E-state index contributed by atoms with van der Waals surface area (Å²) in [6, 6.07) is 0.0360. The number of nitrogens with one attached hydrogen (secondary N) is 1. The topological polar surface area (TPSA) is 32.3 Å².